The molecule has 0 radical (unpaired) electrons. The van der Waals surface area contributed by atoms with Gasteiger partial charge in [-0.1, -0.05) is 13.0 Å². The van der Waals surface area contributed by atoms with Crippen molar-refractivity contribution in [2.75, 3.05) is 20.3 Å². The summed E-state index contributed by atoms with van der Waals surface area (Å²) in [5.41, 5.74) is 2.47. The Hall–Kier alpha value is -1.22. The Bertz CT molecular complexity index is 404. The van der Waals surface area contributed by atoms with Crippen molar-refractivity contribution in [3.63, 3.8) is 0 Å². The molecule has 18 heavy (non-hydrogen) atoms. The minimum Gasteiger partial charge on any atom is -0.493 e. The Morgan fingerprint density at radius 2 is 2.28 bits per heavy atom. The second kappa shape index (κ2) is 6.10. The molecule has 100 valence electrons. The fourth-order valence-corrected chi connectivity index (χ4v) is 2.48. The van der Waals surface area contributed by atoms with Crippen LogP contribution in [-0.2, 0) is 0 Å². The predicted molar refractivity (Wildman–Crippen MR) is 73.5 cm³/mol. The van der Waals surface area contributed by atoms with Gasteiger partial charge in [0.05, 0.1) is 13.7 Å². The zero-order chi connectivity index (χ0) is 13.0. The number of benzene rings is 1. The zero-order valence-corrected chi connectivity index (χ0v) is 11.6. The van der Waals surface area contributed by atoms with E-state index in [4.69, 9.17) is 9.47 Å². The Balaban J connectivity index is 2.36. The van der Waals surface area contributed by atoms with Crippen LogP contribution in [0.1, 0.15) is 43.4 Å². The van der Waals surface area contributed by atoms with Crippen LogP contribution in [0.25, 0.3) is 0 Å². The van der Waals surface area contributed by atoms with Gasteiger partial charge in [0.1, 0.15) is 0 Å². The molecule has 0 bridgehead atoms. The maximum absolute atomic E-state index is 5.87. The normalized spacial score (nSPS) is 18.7. The SMILES string of the molecule is CCCNC1CCCOc2c(OC)cc(C)cc21. The lowest BCUT2D eigenvalue weighted by Gasteiger charge is -2.20. The summed E-state index contributed by atoms with van der Waals surface area (Å²) >= 11 is 0. The van der Waals surface area contributed by atoms with Gasteiger partial charge in [-0.2, -0.15) is 0 Å². The maximum atomic E-state index is 5.87. The number of nitrogens with one attached hydrogen (secondary N) is 1. The second-order valence-electron chi connectivity index (χ2n) is 4.88. The van der Waals surface area contributed by atoms with Crippen LogP contribution in [0.3, 0.4) is 0 Å². The van der Waals surface area contributed by atoms with E-state index in [-0.39, 0.29) is 0 Å². The molecule has 1 aliphatic heterocycles. The molecular weight excluding hydrogens is 226 g/mol. The molecule has 1 aliphatic rings. The van der Waals surface area contributed by atoms with E-state index in [2.05, 4.69) is 25.2 Å². The van der Waals surface area contributed by atoms with Gasteiger partial charge in [-0.15, -0.1) is 0 Å². The molecule has 1 aromatic carbocycles. The lowest BCUT2D eigenvalue weighted by molar-refractivity contribution is 0.294. The molecule has 3 heteroatoms. The largest absolute Gasteiger partial charge is 0.493 e. The molecule has 1 heterocycles. The van der Waals surface area contributed by atoms with Gasteiger partial charge >= 0.3 is 0 Å². The van der Waals surface area contributed by atoms with Crippen molar-refractivity contribution in [1.29, 1.82) is 0 Å². The van der Waals surface area contributed by atoms with Crippen LogP contribution < -0.4 is 14.8 Å². The molecule has 0 saturated carbocycles. The zero-order valence-electron chi connectivity index (χ0n) is 11.6. The Kier molecular flexibility index (Phi) is 4.48. The highest BCUT2D eigenvalue weighted by atomic mass is 16.5. The van der Waals surface area contributed by atoms with E-state index in [1.54, 1.807) is 7.11 Å². The van der Waals surface area contributed by atoms with Crippen LogP contribution in [0.2, 0.25) is 0 Å². The second-order valence-corrected chi connectivity index (χ2v) is 4.88. The van der Waals surface area contributed by atoms with E-state index < -0.39 is 0 Å². The lowest BCUT2D eigenvalue weighted by atomic mass is 9.99. The number of ether oxygens (including phenoxy) is 2. The smallest absolute Gasteiger partial charge is 0.165 e. The monoisotopic (exact) mass is 249 g/mol. The molecule has 2 rings (SSSR count). The third kappa shape index (κ3) is 2.78. The minimum atomic E-state index is 0.385. The number of aryl methyl sites for hydroxylation is 1. The molecule has 0 amide bonds. The summed E-state index contributed by atoms with van der Waals surface area (Å²) in [6.07, 6.45) is 3.35. The van der Waals surface area contributed by atoms with Crippen LogP contribution in [0, 0.1) is 6.92 Å². The quantitative estimate of drug-likeness (QED) is 0.888. The van der Waals surface area contributed by atoms with E-state index in [9.17, 15) is 0 Å². The van der Waals surface area contributed by atoms with Crippen molar-refractivity contribution in [3.8, 4) is 11.5 Å². The molecule has 1 unspecified atom stereocenters. The highest BCUT2D eigenvalue weighted by Gasteiger charge is 2.22. The molecule has 0 aliphatic carbocycles. The van der Waals surface area contributed by atoms with E-state index in [0.717, 1.165) is 43.9 Å². The van der Waals surface area contributed by atoms with Crippen LogP contribution in [0.5, 0.6) is 11.5 Å². The first-order valence-corrected chi connectivity index (χ1v) is 6.81. The third-order valence-electron chi connectivity index (χ3n) is 3.35. The van der Waals surface area contributed by atoms with Crippen molar-refractivity contribution >= 4 is 0 Å². The van der Waals surface area contributed by atoms with Gasteiger partial charge in [0.25, 0.3) is 0 Å². The predicted octanol–water partition coefficient (Wildman–Crippen LogP) is 3.22. The fourth-order valence-electron chi connectivity index (χ4n) is 2.48. The van der Waals surface area contributed by atoms with Crippen molar-refractivity contribution in [2.45, 2.75) is 39.2 Å². The Morgan fingerprint density at radius 1 is 1.44 bits per heavy atom. The molecule has 0 spiro atoms. The number of fused-ring (bicyclic) bond motifs is 1. The number of rotatable bonds is 4. The molecule has 0 fully saturated rings. The number of methoxy groups -OCH3 is 1. The number of hydrogen-bond acceptors (Lipinski definition) is 3. The van der Waals surface area contributed by atoms with Gasteiger partial charge in [0, 0.05) is 11.6 Å². The first-order chi connectivity index (χ1) is 8.76. The molecule has 3 nitrogen and oxygen atoms in total. The molecule has 1 atom stereocenters. The molecule has 0 aromatic heterocycles. The first-order valence-electron chi connectivity index (χ1n) is 6.81. The van der Waals surface area contributed by atoms with Crippen LogP contribution in [0.4, 0.5) is 0 Å². The van der Waals surface area contributed by atoms with E-state index in [1.165, 1.54) is 11.1 Å². The average molecular weight is 249 g/mol. The summed E-state index contributed by atoms with van der Waals surface area (Å²) in [6.45, 7) is 6.11. The van der Waals surface area contributed by atoms with Gasteiger partial charge < -0.3 is 14.8 Å². The average Bonchev–Trinajstić information content (AvgIpc) is 2.57. The van der Waals surface area contributed by atoms with Gasteiger partial charge in [-0.05, 0) is 44.4 Å². The maximum Gasteiger partial charge on any atom is 0.165 e. The summed E-state index contributed by atoms with van der Waals surface area (Å²) in [5.74, 6) is 1.78. The van der Waals surface area contributed by atoms with Crippen molar-refractivity contribution in [1.82, 2.24) is 5.32 Å². The Labute approximate surface area is 109 Å². The third-order valence-corrected chi connectivity index (χ3v) is 3.35. The summed E-state index contributed by atoms with van der Waals surface area (Å²) in [7, 11) is 1.71. The molecular formula is C15H23NO2. The van der Waals surface area contributed by atoms with Crippen molar-refractivity contribution < 1.29 is 9.47 Å². The van der Waals surface area contributed by atoms with Crippen LogP contribution in [-0.4, -0.2) is 20.3 Å². The van der Waals surface area contributed by atoms with Gasteiger partial charge in [0.2, 0.25) is 0 Å². The number of hydrogen-bond donors (Lipinski definition) is 1. The van der Waals surface area contributed by atoms with Crippen molar-refractivity contribution in [2.24, 2.45) is 0 Å². The van der Waals surface area contributed by atoms with Crippen LogP contribution >= 0.6 is 0 Å². The Morgan fingerprint density at radius 3 is 3.00 bits per heavy atom. The highest BCUT2D eigenvalue weighted by molar-refractivity contribution is 5.51. The summed E-state index contributed by atoms with van der Waals surface area (Å²) in [5, 5.41) is 3.61. The molecule has 0 saturated heterocycles. The van der Waals surface area contributed by atoms with Crippen molar-refractivity contribution in [3.05, 3.63) is 23.3 Å². The van der Waals surface area contributed by atoms with Gasteiger partial charge in [0.15, 0.2) is 11.5 Å². The fraction of sp³-hybridized carbons (Fsp3) is 0.600. The summed E-state index contributed by atoms with van der Waals surface area (Å²) in [6, 6.07) is 4.65. The van der Waals surface area contributed by atoms with E-state index in [0.29, 0.717) is 6.04 Å². The molecule has 1 aromatic rings. The topological polar surface area (TPSA) is 30.5 Å². The lowest BCUT2D eigenvalue weighted by Crippen LogP contribution is -2.21. The highest BCUT2D eigenvalue weighted by Crippen LogP contribution is 2.39. The van der Waals surface area contributed by atoms with E-state index in [1.807, 2.05) is 6.07 Å². The molecule has 1 N–H and O–H groups in total. The van der Waals surface area contributed by atoms with Crippen LogP contribution in [0.15, 0.2) is 12.1 Å². The summed E-state index contributed by atoms with van der Waals surface area (Å²) in [4.78, 5) is 0. The van der Waals surface area contributed by atoms with E-state index >= 15 is 0 Å². The first kappa shape index (κ1) is 13.2. The summed E-state index contributed by atoms with van der Waals surface area (Å²) < 4.78 is 11.3. The van der Waals surface area contributed by atoms with Gasteiger partial charge in [-0.3, -0.25) is 0 Å². The van der Waals surface area contributed by atoms with Gasteiger partial charge in [-0.25, -0.2) is 0 Å². The standard InChI is InChI=1S/C15H23NO2/c1-4-7-16-13-6-5-8-18-15-12(13)9-11(2)10-14(15)17-3/h9-10,13,16H,4-8H2,1-3H3. The minimum absolute atomic E-state index is 0.385.